The minimum Gasteiger partial charge on any atom is -0.450 e. The second-order valence-electron chi connectivity index (χ2n) is 5.70. The van der Waals surface area contributed by atoms with E-state index < -0.39 is 24.4 Å². The lowest BCUT2D eigenvalue weighted by Gasteiger charge is -2.21. The molecule has 9 heteroatoms. The molecule has 0 spiro atoms. The summed E-state index contributed by atoms with van der Waals surface area (Å²) in [7, 11) is 0. The van der Waals surface area contributed by atoms with E-state index in [4.69, 9.17) is 21.6 Å². The molecular weight excluding hydrogens is 347 g/mol. The normalized spacial score (nSPS) is 28.0. The molecule has 3 atom stereocenters. The predicted octanol–water partition coefficient (Wildman–Crippen LogP) is 2.90. The summed E-state index contributed by atoms with van der Waals surface area (Å²) in [5, 5.41) is 19.0. The van der Waals surface area contributed by atoms with Gasteiger partial charge in [0.15, 0.2) is 0 Å². The van der Waals surface area contributed by atoms with Gasteiger partial charge in [-0.3, -0.25) is 0 Å². The van der Waals surface area contributed by atoms with E-state index in [9.17, 15) is 18.3 Å². The van der Waals surface area contributed by atoms with Crippen molar-refractivity contribution in [2.45, 2.75) is 37.8 Å². The number of alkyl halides is 3. The zero-order chi connectivity index (χ0) is 17.6. The Morgan fingerprint density at radius 2 is 2.17 bits per heavy atom. The van der Waals surface area contributed by atoms with Crippen LogP contribution in [0.15, 0.2) is 17.1 Å². The number of rotatable bonds is 1. The SMILES string of the molecule is Cc1c(/N=C2\OC(C(F)(F)F)C3[C@@H](O)CCN23)ccc(C#N)c1Cl. The second-order valence-corrected chi connectivity index (χ2v) is 6.08. The third kappa shape index (κ3) is 2.68. The van der Waals surface area contributed by atoms with Crippen molar-refractivity contribution in [3.05, 3.63) is 28.3 Å². The average Bonchev–Trinajstić information content (AvgIpc) is 3.06. The molecule has 1 N–H and O–H groups in total. The molecule has 0 radical (unpaired) electrons. The molecule has 1 aromatic rings. The van der Waals surface area contributed by atoms with Crippen LogP contribution in [-0.2, 0) is 4.74 Å². The molecule has 0 aliphatic carbocycles. The first-order chi connectivity index (χ1) is 11.2. The van der Waals surface area contributed by atoms with Gasteiger partial charge in [0.05, 0.1) is 22.4 Å². The highest BCUT2D eigenvalue weighted by Gasteiger charge is 2.59. The van der Waals surface area contributed by atoms with Gasteiger partial charge in [-0.1, -0.05) is 11.6 Å². The van der Waals surface area contributed by atoms with Crippen LogP contribution in [0.25, 0.3) is 0 Å². The summed E-state index contributed by atoms with van der Waals surface area (Å²) in [6, 6.07) is 3.48. The smallest absolute Gasteiger partial charge is 0.427 e. The standard InChI is InChI=1S/C15H13ClF3N3O2/c1-7-9(3-2-8(6-20)11(7)16)21-14-22-5-4-10(23)12(22)13(24-14)15(17,18)19/h2-3,10,12-13,23H,4-5H2,1H3/b21-14-/t10-,12?,13?/m0/s1. The number of nitrogens with zero attached hydrogens (tertiary/aromatic N) is 3. The fourth-order valence-corrected chi connectivity index (χ4v) is 3.18. The topological polar surface area (TPSA) is 68.8 Å². The summed E-state index contributed by atoms with van der Waals surface area (Å²) < 4.78 is 44.5. The Morgan fingerprint density at radius 1 is 1.46 bits per heavy atom. The van der Waals surface area contributed by atoms with E-state index in [1.807, 2.05) is 6.07 Å². The van der Waals surface area contributed by atoms with Gasteiger partial charge in [0.1, 0.15) is 12.1 Å². The van der Waals surface area contributed by atoms with Crippen molar-refractivity contribution >= 4 is 23.3 Å². The molecule has 2 aliphatic heterocycles. The number of aliphatic hydroxyl groups excluding tert-OH is 1. The fourth-order valence-electron chi connectivity index (χ4n) is 2.97. The zero-order valence-electron chi connectivity index (χ0n) is 12.5. The number of benzene rings is 1. The maximum atomic E-state index is 13.2. The third-order valence-corrected chi connectivity index (χ3v) is 4.71. The number of nitriles is 1. The molecule has 0 saturated carbocycles. The van der Waals surface area contributed by atoms with Crippen LogP contribution in [0.2, 0.25) is 5.02 Å². The molecule has 5 nitrogen and oxygen atoms in total. The van der Waals surface area contributed by atoms with Crippen molar-refractivity contribution in [1.29, 1.82) is 5.26 Å². The number of hydrogen-bond donors (Lipinski definition) is 1. The number of amidine groups is 1. The van der Waals surface area contributed by atoms with E-state index in [0.717, 1.165) is 0 Å². The van der Waals surface area contributed by atoms with Gasteiger partial charge in [0.25, 0.3) is 6.02 Å². The molecule has 0 bridgehead atoms. The Bertz CT molecular complexity index is 745. The fraction of sp³-hybridized carbons (Fsp3) is 0.467. The number of halogens is 4. The third-order valence-electron chi connectivity index (χ3n) is 4.23. The van der Waals surface area contributed by atoms with E-state index in [2.05, 4.69) is 4.99 Å². The monoisotopic (exact) mass is 359 g/mol. The quantitative estimate of drug-likeness (QED) is 0.837. The number of aliphatic hydroxyl groups is 1. The summed E-state index contributed by atoms with van der Waals surface area (Å²) in [5.41, 5.74) is 1.05. The van der Waals surface area contributed by atoms with Gasteiger partial charge < -0.3 is 14.7 Å². The lowest BCUT2D eigenvalue weighted by Crippen LogP contribution is -2.45. The molecule has 2 aliphatic rings. The first-order valence-corrected chi connectivity index (χ1v) is 7.58. The largest absolute Gasteiger partial charge is 0.450 e. The summed E-state index contributed by atoms with van der Waals surface area (Å²) >= 11 is 6.05. The van der Waals surface area contributed by atoms with Crippen LogP contribution in [0.3, 0.4) is 0 Å². The minimum absolute atomic E-state index is 0.192. The van der Waals surface area contributed by atoms with Gasteiger partial charge in [0.2, 0.25) is 6.10 Å². The van der Waals surface area contributed by atoms with Crippen molar-refractivity contribution in [2.24, 2.45) is 4.99 Å². The minimum atomic E-state index is -4.61. The van der Waals surface area contributed by atoms with E-state index >= 15 is 0 Å². The van der Waals surface area contributed by atoms with Gasteiger partial charge >= 0.3 is 6.18 Å². The van der Waals surface area contributed by atoms with Crippen LogP contribution in [-0.4, -0.2) is 47.0 Å². The van der Waals surface area contributed by atoms with Crippen LogP contribution in [0.5, 0.6) is 0 Å². The first-order valence-electron chi connectivity index (χ1n) is 7.20. The molecule has 0 aromatic heterocycles. The van der Waals surface area contributed by atoms with Gasteiger partial charge in [-0.2, -0.15) is 23.4 Å². The Kier molecular flexibility index (Phi) is 4.10. The van der Waals surface area contributed by atoms with Crippen molar-refractivity contribution in [1.82, 2.24) is 4.90 Å². The molecule has 2 unspecified atom stereocenters. The van der Waals surface area contributed by atoms with Crippen LogP contribution < -0.4 is 0 Å². The zero-order valence-corrected chi connectivity index (χ0v) is 13.3. The van der Waals surface area contributed by atoms with Crippen molar-refractivity contribution in [3.8, 4) is 6.07 Å². The number of hydrogen-bond acceptors (Lipinski definition) is 4. The van der Waals surface area contributed by atoms with Crippen molar-refractivity contribution in [2.75, 3.05) is 6.54 Å². The summed E-state index contributed by atoms with van der Waals surface area (Å²) in [4.78, 5) is 5.48. The van der Waals surface area contributed by atoms with E-state index in [1.54, 1.807) is 6.92 Å². The first kappa shape index (κ1) is 16.9. The van der Waals surface area contributed by atoms with Gasteiger partial charge in [0, 0.05) is 6.54 Å². The van der Waals surface area contributed by atoms with Crippen LogP contribution in [0.1, 0.15) is 17.5 Å². The van der Waals surface area contributed by atoms with Gasteiger partial charge in [-0.05, 0) is 31.0 Å². The molecular formula is C15H13ClF3N3O2. The Morgan fingerprint density at radius 3 is 2.79 bits per heavy atom. The Balaban J connectivity index is 2.00. The Labute approximate surface area is 140 Å². The maximum absolute atomic E-state index is 13.2. The van der Waals surface area contributed by atoms with E-state index in [-0.39, 0.29) is 29.6 Å². The lowest BCUT2D eigenvalue weighted by molar-refractivity contribution is -0.203. The number of aliphatic imine (C=N–C) groups is 1. The average molecular weight is 360 g/mol. The van der Waals surface area contributed by atoms with Crippen LogP contribution in [0, 0.1) is 18.3 Å². The van der Waals surface area contributed by atoms with Crippen LogP contribution in [0.4, 0.5) is 18.9 Å². The highest BCUT2D eigenvalue weighted by atomic mass is 35.5. The summed E-state index contributed by atoms with van der Waals surface area (Å²) in [5.74, 6) is 0. The molecule has 128 valence electrons. The highest BCUT2D eigenvalue weighted by molar-refractivity contribution is 6.32. The number of fused-ring (bicyclic) bond motifs is 1. The van der Waals surface area contributed by atoms with Crippen molar-refractivity contribution < 1.29 is 23.0 Å². The molecule has 1 aromatic carbocycles. The van der Waals surface area contributed by atoms with Crippen molar-refractivity contribution in [3.63, 3.8) is 0 Å². The predicted molar refractivity (Wildman–Crippen MR) is 80.0 cm³/mol. The molecule has 24 heavy (non-hydrogen) atoms. The molecule has 0 amide bonds. The summed E-state index contributed by atoms with van der Waals surface area (Å²) in [6.45, 7) is 1.84. The highest BCUT2D eigenvalue weighted by Crippen LogP contribution is 2.39. The lowest BCUT2D eigenvalue weighted by atomic mass is 10.1. The van der Waals surface area contributed by atoms with E-state index in [1.165, 1.54) is 17.0 Å². The molecule has 3 rings (SSSR count). The maximum Gasteiger partial charge on any atom is 0.427 e. The number of ether oxygens (including phenoxy) is 1. The Hall–Kier alpha value is -1.98. The van der Waals surface area contributed by atoms with E-state index in [0.29, 0.717) is 11.3 Å². The van der Waals surface area contributed by atoms with Gasteiger partial charge in [-0.15, -0.1) is 0 Å². The molecule has 2 saturated heterocycles. The van der Waals surface area contributed by atoms with Gasteiger partial charge in [-0.25, -0.2) is 0 Å². The molecule has 2 heterocycles. The molecule has 2 fully saturated rings. The van der Waals surface area contributed by atoms with Crippen LogP contribution >= 0.6 is 11.6 Å². The second kappa shape index (κ2) is 5.83. The summed E-state index contributed by atoms with van der Waals surface area (Å²) in [6.07, 6.45) is -7.65.